The van der Waals surface area contributed by atoms with E-state index in [0.29, 0.717) is 11.5 Å². The second kappa shape index (κ2) is 2.36. The first kappa shape index (κ1) is 8.31. The van der Waals surface area contributed by atoms with Crippen molar-refractivity contribution in [1.29, 1.82) is 0 Å². The fourth-order valence-corrected chi connectivity index (χ4v) is 0.995. The molecule has 0 spiro atoms. The molecule has 0 aliphatic rings. The zero-order valence-corrected chi connectivity index (χ0v) is 7.36. The van der Waals surface area contributed by atoms with E-state index in [0.717, 1.165) is 0 Å². The van der Waals surface area contributed by atoms with Crippen LogP contribution in [0.15, 0.2) is 10.5 Å². The van der Waals surface area contributed by atoms with Crippen LogP contribution < -0.4 is 0 Å². The Hall–Kier alpha value is -0.790. The molecule has 0 radical (unpaired) electrons. The molecule has 0 bridgehead atoms. The fraction of sp³-hybridized carbons (Fsp3) is 0.556. The summed E-state index contributed by atoms with van der Waals surface area (Å²) in [5.74, 6) is 0.831. The zero-order chi connectivity index (χ0) is 8.65. The van der Waals surface area contributed by atoms with E-state index in [2.05, 4.69) is 0 Å². The van der Waals surface area contributed by atoms with Gasteiger partial charge in [0.05, 0.1) is 0 Å². The maximum Gasteiger partial charge on any atom is 0.165 e. The van der Waals surface area contributed by atoms with Crippen molar-refractivity contribution in [2.45, 2.75) is 33.1 Å². The average molecular weight is 156 g/mol. The molecule has 1 aromatic heterocycles. The van der Waals surface area contributed by atoms with Gasteiger partial charge >= 0.3 is 0 Å². The van der Waals surface area contributed by atoms with Gasteiger partial charge in [0.15, 0.2) is 5.82 Å². The highest BCUT2D eigenvalue weighted by Gasteiger charge is 2.22. The van der Waals surface area contributed by atoms with Crippen molar-refractivity contribution in [1.82, 2.24) is 0 Å². The van der Waals surface area contributed by atoms with Crippen LogP contribution in [0.5, 0.6) is 0 Å². The monoisotopic (exact) mass is 156 g/mol. The summed E-state index contributed by atoms with van der Waals surface area (Å²) in [6.45, 7) is 7.52. The SMILES string of the molecule is Cc1cc(F)c(C(C)(C)C)o1. The van der Waals surface area contributed by atoms with Crippen LogP contribution in [0.25, 0.3) is 0 Å². The van der Waals surface area contributed by atoms with Gasteiger partial charge in [-0.05, 0) is 6.92 Å². The standard InChI is InChI=1S/C9H13FO/c1-6-5-7(10)8(11-6)9(2,3)4/h5H,1-4H3. The van der Waals surface area contributed by atoms with Gasteiger partial charge in [-0.15, -0.1) is 0 Å². The molecule has 2 heteroatoms. The minimum absolute atomic E-state index is 0.238. The Kier molecular flexibility index (Phi) is 1.78. The molecule has 0 saturated heterocycles. The largest absolute Gasteiger partial charge is 0.463 e. The molecule has 1 aromatic rings. The number of aryl methyl sites for hydroxylation is 1. The molecule has 0 aliphatic carbocycles. The van der Waals surface area contributed by atoms with E-state index in [1.807, 2.05) is 20.8 Å². The molecule has 0 atom stereocenters. The van der Waals surface area contributed by atoms with E-state index in [4.69, 9.17) is 4.42 Å². The Morgan fingerprint density at radius 2 is 1.91 bits per heavy atom. The van der Waals surface area contributed by atoms with Crippen LogP contribution >= 0.6 is 0 Å². The highest BCUT2D eigenvalue weighted by Crippen LogP contribution is 2.27. The third kappa shape index (κ3) is 1.62. The molecule has 11 heavy (non-hydrogen) atoms. The Bertz CT molecular complexity index is 255. The van der Waals surface area contributed by atoms with Crippen molar-refractivity contribution in [3.05, 3.63) is 23.4 Å². The minimum Gasteiger partial charge on any atom is -0.463 e. The van der Waals surface area contributed by atoms with Gasteiger partial charge in [0.1, 0.15) is 11.5 Å². The lowest BCUT2D eigenvalue weighted by Crippen LogP contribution is -2.11. The summed E-state index contributed by atoms with van der Waals surface area (Å²) < 4.78 is 18.2. The van der Waals surface area contributed by atoms with Crippen molar-refractivity contribution in [3.8, 4) is 0 Å². The molecule has 0 saturated carbocycles. The molecule has 0 fully saturated rings. The normalized spacial score (nSPS) is 12.1. The van der Waals surface area contributed by atoms with Gasteiger partial charge in [-0.2, -0.15) is 0 Å². The van der Waals surface area contributed by atoms with Gasteiger partial charge in [-0.25, -0.2) is 4.39 Å². The van der Waals surface area contributed by atoms with Crippen LogP contribution in [0.2, 0.25) is 0 Å². The van der Waals surface area contributed by atoms with E-state index in [9.17, 15) is 4.39 Å². The minimum atomic E-state index is -0.241. The van der Waals surface area contributed by atoms with Crippen molar-refractivity contribution >= 4 is 0 Å². The lowest BCUT2D eigenvalue weighted by molar-refractivity contribution is 0.371. The van der Waals surface area contributed by atoms with E-state index < -0.39 is 0 Å². The number of furan rings is 1. The predicted octanol–water partition coefficient (Wildman–Crippen LogP) is 3.02. The highest BCUT2D eigenvalue weighted by atomic mass is 19.1. The third-order valence-electron chi connectivity index (χ3n) is 1.49. The molecule has 62 valence electrons. The molecule has 0 N–H and O–H groups in total. The van der Waals surface area contributed by atoms with Gasteiger partial charge in [0, 0.05) is 11.5 Å². The average Bonchev–Trinajstić information content (AvgIpc) is 2.08. The van der Waals surface area contributed by atoms with Crippen LogP contribution in [0.1, 0.15) is 32.3 Å². The lowest BCUT2D eigenvalue weighted by Gasteiger charge is -2.14. The molecule has 1 rings (SSSR count). The summed E-state index contributed by atoms with van der Waals surface area (Å²) in [5.41, 5.74) is -0.238. The first-order valence-electron chi connectivity index (χ1n) is 3.67. The summed E-state index contributed by atoms with van der Waals surface area (Å²) in [6.07, 6.45) is 0. The van der Waals surface area contributed by atoms with E-state index in [1.165, 1.54) is 6.07 Å². The van der Waals surface area contributed by atoms with Gasteiger partial charge < -0.3 is 4.42 Å². The van der Waals surface area contributed by atoms with Crippen molar-refractivity contribution in [2.24, 2.45) is 0 Å². The molecular weight excluding hydrogens is 143 g/mol. The summed E-state index contributed by atoms with van der Waals surface area (Å²) in [4.78, 5) is 0. The number of hydrogen-bond acceptors (Lipinski definition) is 1. The first-order valence-corrected chi connectivity index (χ1v) is 3.67. The summed E-state index contributed by atoms with van der Waals surface area (Å²) >= 11 is 0. The molecule has 0 unspecified atom stereocenters. The Morgan fingerprint density at radius 1 is 1.36 bits per heavy atom. The predicted molar refractivity (Wildman–Crippen MR) is 42.1 cm³/mol. The van der Waals surface area contributed by atoms with Crippen LogP contribution in [0.3, 0.4) is 0 Å². The molecule has 0 amide bonds. The van der Waals surface area contributed by atoms with Gasteiger partial charge in [-0.3, -0.25) is 0 Å². The number of halogens is 1. The van der Waals surface area contributed by atoms with Crippen LogP contribution in [0, 0.1) is 12.7 Å². The third-order valence-corrected chi connectivity index (χ3v) is 1.49. The summed E-state index contributed by atoms with van der Waals surface area (Å²) in [7, 11) is 0. The van der Waals surface area contributed by atoms with Crippen LogP contribution in [-0.4, -0.2) is 0 Å². The maximum absolute atomic E-state index is 13.0. The Labute approximate surface area is 66.2 Å². The smallest absolute Gasteiger partial charge is 0.165 e. The summed E-state index contributed by atoms with van der Waals surface area (Å²) in [6, 6.07) is 1.42. The Balaban J connectivity index is 3.13. The number of rotatable bonds is 0. The van der Waals surface area contributed by atoms with Gasteiger partial charge in [0.2, 0.25) is 0 Å². The topological polar surface area (TPSA) is 13.1 Å². The second-order valence-electron chi connectivity index (χ2n) is 3.78. The van der Waals surface area contributed by atoms with Crippen molar-refractivity contribution in [2.75, 3.05) is 0 Å². The quantitative estimate of drug-likeness (QED) is 0.562. The molecule has 1 nitrogen and oxygen atoms in total. The van der Waals surface area contributed by atoms with Crippen molar-refractivity contribution in [3.63, 3.8) is 0 Å². The molecule has 0 aromatic carbocycles. The van der Waals surface area contributed by atoms with E-state index in [-0.39, 0.29) is 11.2 Å². The van der Waals surface area contributed by atoms with Crippen LogP contribution in [0.4, 0.5) is 4.39 Å². The summed E-state index contributed by atoms with van der Waals surface area (Å²) in [5, 5.41) is 0. The van der Waals surface area contributed by atoms with Crippen molar-refractivity contribution < 1.29 is 8.81 Å². The molecule has 0 aliphatic heterocycles. The maximum atomic E-state index is 13.0. The van der Waals surface area contributed by atoms with Gasteiger partial charge in [0.25, 0.3) is 0 Å². The van der Waals surface area contributed by atoms with E-state index in [1.54, 1.807) is 6.92 Å². The molecular formula is C9H13FO. The van der Waals surface area contributed by atoms with Gasteiger partial charge in [-0.1, -0.05) is 20.8 Å². The number of hydrogen-bond donors (Lipinski definition) is 0. The molecule has 1 heterocycles. The zero-order valence-electron chi connectivity index (χ0n) is 7.36. The highest BCUT2D eigenvalue weighted by molar-refractivity contribution is 5.15. The van der Waals surface area contributed by atoms with Crippen LogP contribution in [-0.2, 0) is 5.41 Å². The Morgan fingerprint density at radius 3 is 2.09 bits per heavy atom. The fourth-order valence-electron chi connectivity index (χ4n) is 0.995. The lowest BCUT2D eigenvalue weighted by atomic mass is 9.93. The second-order valence-corrected chi connectivity index (χ2v) is 3.78. The first-order chi connectivity index (χ1) is 4.91. The van der Waals surface area contributed by atoms with E-state index >= 15 is 0 Å².